The van der Waals surface area contributed by atoms with Crippen LogP contribution in [0.15, 0.2) is 0 Å². The van der Waals surface area contributed by atoms with Crippen LogP contribution in [0.1, 0.15) is 32.6 Å². The average molecular weight is 200 g/mol. The Morgan fingerprint density at radius 1 is 1.43 bits per heavy atom. The van der Waals surface area contributed by atoms with Crippen LogP contribution in [0.4, 0.5) is 0 Å². The van der Waals surface area contributed by atoms with Gasteiger partial charge >= 0.3 is 0 Å². The molecule has 14 heavy (non-hydrogen) atoms. The van der Waals surface area contributed by atoms with Gasteiger partial charge in [0.15, 0.2) is 0 Å². The molecule has 0 radical (unpaired) electrons. The molecule has 2 unspecified atom stereocenters. The van der Waals surface area contributed by atoms with Gasteiger partial charge in [0.05, 0.1) is 0 Å². The molecule has 3 heteroatoms. The zero-order valence-corrected chi connectivity index (χ0v) is 9.28. The lowest BCUT2D eigenvalue weighted by Crippen LogP contribution is -2.47. The van der Waals surface area contributed by atoms with E-state index in [1.54, 1.807) is 0 Å². The zero-order valence-electron chi connectivity index (χ0n) is 9.28. The molecule has 0 aromatic carbocycles. The van der Waals surface area contributed by atoms with E-state index in [0.29, 0.717) is 18.6 Å². The van der Waals surface area contributed by atoms with Crippen LogP contribution in [0.3, 0.4) is 0 Å². The summed E-state index contributed by atoms with van der Waals surface area (Å²) in [5.41, 5.74) is 6.01. The molecule has 0 amide bonds. The Kier molecular flexibility index (Phi) is 5.45. The van der Waals surface area contributed by atoms with Gasteiger partial charge in [0.25, 0.3) is 0 Å². The fourth-order valence-corrected chi connectivity index (χ4v) is 2.44. The third-order valence-electron chi connectivity index (χ3n) is 2.96. The van der Waals surface area contributed by atoms with E-state index < -0.39 is 0 Å². The molecule has 1 fully saturated rings. The predicted octanol–water partition coefficient (Wildman–Crippen LogP) is 0.818. The molecule has 1 heterocycles. The number of hydrogen-bond donors (Lipinski definition) is 2. The van der Waals surface area contributed by atoms with E-state index in [1.165, 1.54) is 19.5 Å². The van der Waals surface area contributed by atoms with Gasteiger partial charge in [-0.15, -0.1) is 0 Å². The highest BCUT2D eigenvalue weighted by Crippen LogP contribution is 2.20. The maximum absolute atomic E-state index is 8.79. The maximum Gasteiger partial charge on any atom is 0.0431 e. The smallest absolute Gasteiger partial charge is 0.0431 e. The van der Waals surface area contributed by atoms with Crippen molar-refractivity contribution < 1.29 is 5.11 Å². The fourth-order valence-electron chi connectivity index (χ4n) is 2.44. The van der Waals surface area contributed by atoms with Crippen molar-refractivity contribution in [2.45, 2.75) is 38.6 Å². The molecule has 0 saturated carbocycles. The SMILES string of the molecule is CCCN1CC(N)CC(CCCO)C1. The van der Waals surface area contributed by atoms with Crippen molar-refractivity contribution in [3.63, 3.8) is 0 Å². The van der Waals surface area contributed by atoms with Gasteiger partial charge < -0.3 is 15.7 Å². The van der Waals surface area contributed by atoms with Gasteiger partial charge in [0, 0.05) is 25.7 Å². The van der Waals surface area contributed by atoms with Gasteiger partial charge in [-0.2, -0.15) is 0 Å². The molecule has 0 aromatic rings. The van der Waals surface area contributed by atoms with Crippen LogP contribution < -0.4 is 5.73 Å². The summed E-state index contributed by atoms with van der Waals surface area (Å²) in [7, 11) is 0. The fraction of sp³-hybridized carbons (Fsp3) is 1.00. The molecule has 1 aliphatic rings. The Labute approximate surface area is 87.3 Å². The van der Waals surface area contributed by atoms with Crippen molar-refractivity contribution in [3.8, 4) is 0 Å². The van der Waals surface area contributed by atoms with Crippen LogP contribution in [0, 0.1) is 5.92 Å². The summed E-state index contributed by atoms with van der Waals surface area (Å²) in [5, 5.41) is 8.79. The van der Waals surface area contributed by atoms with Crippen LogP contribution in [-0.2, 0) is 0 Å². The van der Waals surface area contributed by atoms with Crippen molar-refractivity contribution in [1.29, 1.82) is 0 Å². The van der Waals surface area contributed by atoms with Crippen LogP contribution >= 0.6 is 0 Å². The van der Waals surface area contributed by atoms with Crippen molar-refractivity contribution in [3.05, 3.63) is 0 Å². The molecule has 1 rings (SSSR count). The molecule has 0 aliphatic carbocycles. The van der Waals surface area contributed by atoms with Crippen LogP contribution in [-0.4, -0.2) is 42.3 Å². The third-order valence-corrected chi connectivity index (χ3v) is 2.96. The average Bonchev–Trinajstić information content (AvgIpc) is 2.14. The molecule has 3 N–H and O–H groups in total. The third kappa shape index (κ3) is 3.95. The minimum Gasteiger partial charge on any atom is -0.396 e. The van der Waals surface area contributed by atoms with Crippen LogP contribution in [0.5, 0.6) is 0 Å². The zero-order chi connectivity index (χ0) is 10.4. The lowest BCUT2D eigenvalue weighted by atomic mass is 9.91. The van der Waals surface area contributed by atoms with Gasteiger partial charge in [-0.1, -0.05) is 6.92 Å². The van der Waals surface area contributed by atoms with Gasteiger partial charge in [-0.25, -0.2) is 0 Å². The van der Waals surface area contributed by atoms with Crippen molar-refractivity contribution >= 4 is 0 Å². The van der Waals surface area contributed by atoms with E-state index in [4.69, 9.17) is 10.8 Å². The topological polar surface area (TPSA) is 49.5 Å². The summed E-state index contributed by atoms with van der Waals surface area (Å²) in [4.78, 5) is 2.47. The number of nitrogens with two attached hydrogens (primary N) is 1. The first-order valence-corrected chi connectivity index (χ1v) is 5.85. The first kappa shape index (κ1) is 12.0. The normalized spacial score (nSPS) is 29.4. The van der Waals surface area contributed by atoms with E-state index in [1.807, 2.05) is 0 Å². The molecule has 0 spiro atoms. The first-order valence-electron chi connectivity index (χ1n) is 5.85. The number of hydrogen-bond acceptors (Lipinski definition) is 3. The quantitative estimate of drug-likeness (QED) is 0.691. The lowest BCUT2D eigenvalue weighted by Gasteiger charge is -2.36. The molecule has 3 nitrogen and oxygen atoms in total. The van der Waals surface area contributed by atoms with Crippen LogP contribution in [0.2, 0.25) is 0 Å². The number of piperidine rings is 1. The van der Waals surface area contributed by atoms with Gasteiger partial charge in [0.2, 0.25) is 0 Å². The second-order valence-electron chi connectivity index (χ2n) is 4.49. The molecule has 2 atom stereocenters. The minimum absolute atomic E-state index is 0.319. The number of nitrogens with zero attached hydrogens (tertiary/aromatic N) is 1. The summed E-state index contributed by atoms with van der Waals surface area (Å²) in [5.74, 6) is 0.706. The summed E-state index contributed by atoms with van der Waals surface area (Å²) < 4.78 is 0. The number of likely N-dealkylation sites (tertiary alicyclic amines) is 1. The second-order valence-corrected chi connectivity index (χ2v) is 4.49. The summed E-state index contributed by atoms with van der Waals surface area (Å²) in [6.45, 7) is 5.94. The van der Waals surface area contributed by atoms with E-state index in [9.17, 15) is 0 Å². The highest BCUT2D eigenvalue weighted by molar-refractivity contribution is 4.80. The standard InChI is InChI=1S/C11H24N2O/c1-2-5-13-8-10(4-3-6-14)7-11(12)9-13/h10-11,14H,2-9,12H2,1H3. The number of aliphatic hydroxyl groups excluding tert-OH is 1. The van der Waals surface area contributed by atoms with Gasteiger partial charge in [-0.05, 0) is 38.1 Å². The van der Waals surface area contributed by atoms with E-state index >= 15 is 0 Å². The molecular formula is C11H24N2O. The molecule has 1 saturated heterocycles. The lowest BCUT2D eigenvalue weighted by molar-refractivity contribution is 0.144. The monoisotopic (exact) mass is 200 g/mol. The Hall–Kier alpha value is -0.120. The summed E-state index contributed by atoms with van der Waals surface area (Å²) in [6.07, 6.45) is 4.40. The first-order chi connectivity index (χ1) is 6.76. The Morgan fingerprint density at radius 3 is 2.86 bits per heavy atom. The summed E-state index contributed by atoms with van der Waals surface area (Å²) in [6, 6.07) is 0.346. The Balaban J connectivity index is 2.29. The second kappa shape index (κ2) is 6.38. The molecule has 1 aliphatic heterocycles. The summed E-state index contributed by atoms with van der Waals surface area (Å²) >= 11 is 0. The largest absolute Gasteiger partial charge is 0.396 e. The predicted molar refractivity (Wildman–Crippen MR) is 59.1 cm³/mol. The van der Waals surface area contributed by atoms with Gasteiger partial charge in [-0.3, -0.25) is 0 Å². The highest BCUT2D eigenvalue weighted by Gasteiger charge is 2.23. The van der Waals surface area contributed by atoms with Crippen LogP contribution in [0.25, 0.3) is 0 Å². The van der Waals surface area contributed by atoms with Gasteiger partial charge in [0.1, 0.15) is 0 Å². The maximum atomic E-state index is 8.79. The highest BCUT2D eigenvalue weighted by atomic mass is 16.2. The molecular weight excluding hydrogens is 176 g/mol. The molecule has 0 bridgehead atoms. The molecule has 84 valence electrons. The Bertz CT molecular complexity index is 152. The minimum atomic E-state index is 0.319. The van der Waals surface area contributed by atoms with E-state index in [2.05, 4.69) is 11.8 Å². The van der Waals surface area contributed by atoms with E-state index in [-0.39, 0.29) is 0 Å². The number of rotatable bonds is 5. The number of aliphatic hydroxyl groups is 1. The van der Waals surface area contributed by atoms with E-state index in [0.717, 1.165) is 25.8 Å². The van der Waals surface area contributed by atoms with Crippen molar-refractivity contribution in [2.24, 2.45) is 11.7 Å². The molecule has 0 aromatic heterocycles. The Morgan fingerprint density at radius 2 is 2.21 bits per heavy atom. The van der Waals surface area contributed by atoms with Crippen molar-refractivity contribution in [2.75, 3.05) is 26.2 Å². The van der Waals surface area contributed by atoms with Crippen molar-refractivity contribution in [1.82, 2.24) is 4.90 Å².